The second-order valence-corrected chi connectivity index (χ2v) is 26.6. The molecule has 0 fully saturated rings. The Bertz CT molecular complexity index is 6990. The summed E-state index contributed by atoms with van der Waals surface area (Å²) in [5.74, 6) is 1.67. The minimum atomic E-state index is 0.556. The van der Waals surface area contributed by atoms with Gasteiger partial charge in [0.1, 0.15) is 33.5 Å². The Balaban J connectivity index is 0.672. The topological polar surface area (TPSA) is 92.9 Å². The molecule has 0 aliphatic carbocycles. The lowest BCUT2D eigenvalue weighted by atomic mass is 10.0. The van der Waals surface area contributed by atoms with Crippen molar-refractivity contribution in [1.29, 1.82) is 0 Å². The van der Waals surface area contributed by atoms with E-state index in [1.54, 1.807) is 0 Å². The molecular formula is C93H54N6O3. The van der Waals surface area contributed by atoms with Crippen molar-refractivity contribution < 1.29 is 13.3 Å². The van der Waals surface area contributed by atoms with Gasteiger partial charge in [0, 0.05) is 98.4 Å². The predicted octanol–water partition coefficient (Wildman–Crippen LogP) is 24.9. The highest BCUT2D eigenvalue weighted by atomic mass is 16.3. The van der Waals surface area contributed by atoms with E-state index in [4.69, 9.17) is 28.2 Å². The summed E-state index contributed by atoms with van der Waals surface area (Å²) >= 11 is 0. The lowest BCUT2D eigenvalue weighted by Crippen LogP contribution is -2.02. The van der Waals surface area contributed by atoms with Crippen molar-refractivity contribution in [2.75, 3.05) is 0 Å². The zero-order valence-electron chi connectivity index (χ0n) is 54.6. The molecule has 7 heterocycles. The maximum absolute atomic E-state index is 6.24. The van der Waals surface area contributed by atoms with Gasteiger partial charge >= 0.3 is 0 Å². The van der Waals surface area contributed by atoms with E-state index in [2.05, 4.69) is 305 Å². The van der Waals surface area contributed by atoms with Crippen LogP contribution < -0.4 is 0 Å². The minimum Gasteiger partial charge on any atom is -0.456 e. The van der Waals surface area contributed by atoms with Crippen LogP contribution >= 0.6 is 0 Å². The first kappa shape index (κ1) is 56.2. The quantitative estimate of drug-likeness (QED) is 0.143. The summed E-state index contributed by atoms with van der Waals surface area (Å²) in [6, 6.07) is 117. The van der Waals surface area contributed by atoms with Gasteiger partial charge in [0.2, 0.25) is 0 Å². The number of furan rings is 3. The first-order chi connectivity index (χ1) is 50.5. The fourth-order valence-corrected chi connectivity index (χ4v) is 16.1. The van der Waals surface area contributed by atoms with E-state index in [9.17, 15) is 0 Å². The van der Waals surface area contributed by atoms with Gasteiger partial charge in [-0.05, 0) is 191 Å². The molecule has 0 amide bonds. The van der Waals surface area contributed by atoms with Crippen LogP contribution in [0.4, 0.5) is 0 Å². The number of benzene rings is 15. The van der Waals surface area contributed by atoms with Gasteiger partial charge in [-0.15, -0.1) is 0 Å². The Kier molecular flexibility index (Phi) is 12.0. The van der Waals surface area contributed by atoms with Crippen molar-refractivity contribution >= 4 is 131 Å². The van der Waals surface area contributed by atoms with E-state index in [0.29, 0.717) is 17.5 Å². The van der Waals surface area contributed by atoms with Crippen LogP contribution in [0.25, 0.3) is 216 Å². The normalized spacial score (nSPS) is 12.1. The summed E-state index contributed by atoms with van der Waals surface area (Å²) in [4.78, 5) is 16.4. The summed E-state index contributed by atoms with van der Waals surface area (Å²) in [5.41, 5.74) is 24.3. The largest absolute Gasteiger partial charge is 0.456 e. The molecule has 0 aliphatic rings. The van der Waals surface area contributed by atoms with Gasteiger partial charge in [-0.1, -0.05) is 170 Å². The fraction of sp³-hybridized carbons (Fsp3) is 0. The molecule has 0 saturated heterocycles. The number of hydrogen-bond donors (Lipinski definition) is 0. The van der Waals surface area contributed by atoms with Crippen molar-refractivity contribution in [1.82, 2.24) is 28.7 Å². The van der Waals surface area contributed by atoms with E-state index in [0.717, 1.165) is 188 Å². The van der Waals surface area contributed by atoms with E-state index < -0.39 is 0 Å². The van der Waals surface area contributed by atoms with Crippen LogP contribution in [0, 0.1) is 0 Å². The van der Waals surface area contributed by atoms with Crippen molar-refractivity contribution in [3.05, 3.63) is 328 Å². The molecule has 0 saturated carbocycles. The molecule has 9 heteroatoms. The maximum Gasteiger partial charge on any atom is 0.164 e. The molecule has 22 aromatic rings. The highest BCUT2D eigenvalue weighted by Gasteiger charge is 2.22. The Hall–Kier alpha value is -13.9. The van der Waals surface area contributed by atoms with Crippen LogP contribution in [0.1, 0.15) is 0 Å². The third-order valence-electron chi connectivity index (χ3n) is 20.9. The number of para-hydroxylation sites is 6. The first-order valence-corrected chi connectivity index (χ1v) is 34.4. The van der Waals surface area contributed by atoms with Gasteiger partial charge in [-0.2, -0.15) is 0 Å². The third-order valence-corrected chi connectivity index (χ3v) is 20.9. The molecule has 0 spiro atoms. The van der Waals surface area contributed by atoms with Gasteiger partial charge in [-0.25, -0.2) is 15.0 Å². The highest BCUT2D eigenvalue weighted by Crippen LogP contribution is 2.43. The van der Waals surface area contributed by atoms with E-state index in [1.807, 2.05) is 36.4 Å². The average molecular weight is 1300 g/mol. The van der Waals surface area contributed by atoms with Crippen LogP contribution in [0.5, 0.6) is 0 Å². The van der Waals surface area contributed by atoms with Crippen molar-refractivity contribution in [2.45, 2.75) is 0 Å². The molecule has 0 aliphatic heterocycles. The molecule has 0 unspecified atom stereocenters. The zero-order chi connectivity index (χ0) is 66.7. The second kappa shape index (κ2) is 21.8. The van der Waals surface area contributed by atoms with Gasteiger partial charge < -0.3 is 27.0 Å². The Morgan fingerprint density at radius 3 is 0.814 bits per heavy atom. The molecule has 0 N–H and O–H groups in total. The molecule has 0 radical (unpaired) electrons. The number of rotatable bonds is 9. The zero-order valence-corrected chi connectivity index (χ0v) is 54.6. The molecule has 0 bridgehead atoms. The molecule has 15 aromatic carbocycles. The average Bonchev–Trinajstić information content (AvgIpc) is 1.57. The monoisotopic (exact) mass is 1300 g/mol. The lowest BCUT2D eigenvalue weighted by Gasteiger charge is -2.13. The molecule has 0 atom stereocenters. The summed E-state index contributed by atoms with van der Waals surface area (Å²) in [7, 11) is 0. The minimum absolute atomic E-state index is 0.556. The number of fused-ring (bicyclic) bond motifs is 18. The van der Waals surface area contributed by atoms with E-state index in [-0.39, 0.29) is 0 Å². The first-order valence-electron chi connectivity index (χ1n) is 34.4. The van der Waals surface area contributed by atoms with Crippen LogP contribution in [0.3, 0.4) is 0 Å². The van der Waals surface area contributed by atoms with Gasteiger partial charge in [-0.3, -0.25) is 0 Å². The maximum atomic E-state index is 6.24. The van der Waals surface area contributed by atoms with Crippen LogP contribution in [-0.2, 0) is 0 Å². The Labute approximate surface area is 581 Å². The molecule has 474 valence electrons. The van der Waals surface area contributed by atoms with Crippen molar-refractivity contribution in [3.63, 3.8) is 0 Å². The Morgan fingerprint density at radius 1 is 0.167 bits per heavy atom. The van der Waals surface area contributed by atoms with Gasteiger partial charge in [0.25, 0.3) is 0 Å². The molecule has 7 aromatic heterocycles. The standard InChI is InChI=1S/C93H54N6O3/c1-7-25-79-67(19-1)73-49-56(59-36-44-88-76(52-59)70-22-4-10-28-85(70)100-88)33-41-82(73)97(79)64-39-31-55(32-40-64)91-94-92(62-15-13-17-65(47-62)98-80-26-8-2-20-68(80)74-50-57(34-42-83(74)98)60-37-45-89-77(53-60)71-23-5-11-29-86(71)101-89)96-93(95-91)63-16-14-18-66(48-63)99-81-27-9-3-21-69(81)75-51-58(35-43-84(75)99)61-38-46-90-78(54-61)72-24-6-12-30-87(72)102-90/h1-54H. The van der Waals surface area contributed by atoms with Crippen LogP contribution in [-0.4, -0.2) is 28.7 Å². The molecule has 9 nitrogen and oxygen atoms in total. The van der Waals surface area contributed by atoms with Gasteiger partial charge in [0.05, 0.1) is 33.1 Å². The summed E-state index contributed by atoms with van der Waals surface area (Å²) in [6.07, 6.45) is 0. The summed E-state index contributed by atoms with van der Waals surface area (Å²) in [5, 5.41) is 13.7. The summed E-state index contributed by atoms with van der Waals surface area (Å²) < 4.78 is 25.8. The van der Waals surface area contributed by atoms with Crippen molar-refractivity contribution in [2.24, 2.45) is 0 Å². The smallest absolute Gasteiger partial charge is 0.164 e. The molecule has 22 rings (SSSR count). The Morgan fingerprint density at radius 2 is 0.441 bits per heavy atom. The van der Waals surface area contributed by atoms with Crippen LogP contribution in [0.15, 0.2) is 341 Å². The van der Waals surface area contributed by atoms with E-state index in [1.165, 1.54) is 10.8 Å². The SMILES string of the molecule is c1cc(-c2nc(-c3ccc(-n4c5ccccc5c5cc(-c6ccc7oc8ccccc8c7c6)ccc54)cc3)nc(-c3cccc(-n4c5ccccc5c5cc(-c6ccc7oc8ccccc8c7c6)ccc54)c3)n2)cc(-n2c3ccccc3c3cc(-c4ccc5oc6ccccc6c5c4)ccc32)c1. The summed E-state index contributed by atoms with van der Waals surface area (Å²) in [6.45, 7) is 0. The molecule has 102 heavy (non-hydrogen) atoms. The number of nitrogens with zero attached hydrogens (tertiary/aromatic N) is 6. The van der Waals surface area contributed by atoms with Crippen molar-refractivity contribution in [3.8, 4) is 84.6 Å². The van der Waals surface area contributed by atoms with E-state index >= 15 is 0 Å². The highest BCUT2D eigenvalue weighted by molar-refractivity contribution is 6.15. The fourth-order valence-electron chi connectivity index (χ4n) is 16.1. The third kappa shape index (κ3) is 8.68. The number of hydrogen-bond acceptors (Lipinski definition) is 6. The lowest BCUT2D eigenvalue weighted by molar-refractivity contribution is 0.668. The van der Waals surface area contributed by atoms with Crippen LogP contribution in [0.2, 0.25) is 0 Å². The second-order valence-electron chi connectivity index (χ2n) is 26.6. The predicted molar refractivity (Wildman–Crippen MR) is 417 cm³/mol. The van der Waals surface area contributed by atoms with Gasteiger partial charge in [0.15, 0.2) is 17.5 Å². The molecular weight excluding hydrogens is 1250 g/mol. The number of aromatic nitrogens is 6.